The molecule has 1 saturated heterocycles. The largest absolute Gasteiger partial charge is 0.381 e. The maximum Gasteiger partial charge on any atom is 0.0586 e. The minimum atomic E-state index is 0.501. The van der Waals surface area contributed by atoms with Crippen molar-refractivity contribution in [2.24, 2.45) is 5.73 Å². The van der Waals surface area contributed by atoms with Crippen molar-refractivity contribution < 1.29 is 4.74 Å². The van der Waals surface area contributed by atoms with E-state index in [0.717, 1.165) is 12.6 Å². The summed E-state index contributed by atoms with van der Waals surface area (Å²) >= 11 is 0. The van der Waals surface area contributed by atoms with Gasteiger partial charge in [-0.1, -0.05) is 0 Å². The van der Waals surface area contributed by atoms with E-state index in [-0.39, 0.29) is 0 Å². The summed E-state index contributed by atoms with van der Waals surface area (Å²) in [5.74, 6) is 0. The molecule has 0 bridgehead atoms. The molecule has 2 aliphatic rings. The van der Waals surface area contributed by atoms with Crippen LogP contribution in [0.25, 0.3) is 0 Å². The molecule has 4 heteroatoms. The van der Waals surface area contributed by atoms with Crippen LogP contribution >= 0.6 is 0 Å². The molecule has 2 N–H and O–H groups in total. The Labute approximate surface area is 118 Å². The van der Waals surface area contributed by atoms with Crippen molar-refractivity contribution in [1.82, 2.24) is 9.80 Å². The molecule has 0 radical (unpaired) electrons. The van der Waals surface area contributed by atoms with Gasteiger partial charge in [-0.15, -0.1) is 0 Å². The lowest BCUT2D eigenvalue weighted by Gasteiger charge is -2.42. The van der Waals surface area contributed by atoms with Crippen LogP contribution < -0.4 is 5.73 Å². The van der Waals surface area contributed by atoms with Gasteiger partial charge in [-0.05, 0) is 51.6 Å². The Morgan fingerprint density at radius 1 is 1.11 bits per heavy atom. The van der Waals surface area contributed by atoms with Crippen molar-refractivity contribution in [2.75, 3.05) is 46.4 Å². The van der Waals surface area contributed by atoms with Crippen molar-refractivity contribution in [3.05, 3.63) is 0 Å². The van der Waals surface area contributed by atoms with Crippen LogP contribution in [0.2, 0.25) is 0 Å². The average Bonchev–Trinajstić information content (AvgIpc) is 2.48. The van der Waals surface area contributed by atoms with E-state index >= 15 is 0 Å². The smallest absolute Gasteiger partial charge is 0.0586 e. The third kappa shape index (κ3) is 4.71. The first kappa shape index (κ1) is 15.2. The van der Waals surface area contributed by atoms with Crippen molar-refractivity contribution in [1.29, 1.82) is 0 Å². The monoisotopic (exact) mass is 269 g/mol. The van der Waals surface area contributed by atoms with Crippen molar-refractivity contribution in [3.8, 4) is 0 Å². The van der Waals surface area contributed by atoms with E-state index in [2.05, 4.69) is 9.80 Å². The van der Waals surface area contributed by atoms with E-state index in [9.17, 15) is 0 Å². The van der Waals surface area contributed by atoms with E-state index in [1.807, 2.05) is 7.11 Å². The zero-order valence-corrected chi connectivity index (χ0v) is 12.5. The quantitative estimate of drug-likeness (QED) is 0.738. The highest BCUT2D eigenvalue weighted by Crippen LogP contribution is 2.25. The third-order valence-corrected chi connectivity index (χ3v) is 4.78. The third-order valence-electron chi connectivity index (χ3n) is 4.78. The molecule has 0 amide bonds. The molecule has 19 heavy (non-hydrogen) atoms. The molecule has 2 atom stereocenters. The Morgan fingerprint density at radius 2 is 1.89 bits per heavy atom. The fourth-order valence-electron chi connectivity index (χ4n) is 3.50. The van der Waals surface area contributed by atoms with Gasteiger partial charge >= 0.3 is 0 Å². The number of unbranched alkanes of at least 4 members (excludes halogenated alkanes) is 1. The predicted octanol–water partition coefficient (Wildman–Crippen LogP) is 1.30. The summed E-state index contributed by atoms with van der Waals surface area (Å²) in [6.07, 6.45) is 8.12. The zero-order chi connectivity index (χ0) is 13.5. The molecule has 112 valence electrons. The van der Waals surface area contributed by atoms with Crippen LogP contribution in [0.5, 0.6) is 0 Å². The Morgan fingerprint density at radius 3 is 2.58 bits per heavy atom. The second-order valence-corrected chi connectivity index (χ2v) is 6.05. The Bertz CT molecular complexity index is 242. The summed E-state index contributed by atoms with van der Waals surface area (Å²) in [7, 11) is 1.86. The first-order chi connectivity index (χ1) is 9.33. The number of rotatable bonds is 6. The van der Waals surface area contributed by atoms with Crippen LogP contribution in [0, 0.1) is 0 Å². The Kier molecular flexibility index (Phi) is 6.57. The fourth-order valence-corrected chi connectivity index (χ4v) is 3.50. The molecule has 0 aromatic rings. The number of nitrogens with two attached hydrogens (primary N) is 1. The molecule has 2 fully saturated rings. The van der Waals surface area contributed by atoms with Gasteiger partial charge in [0.15, 0.2) is 0 Å². The van der Waals surface area contributed by atoms with Gasteiger partial charge in [0.25, 0.3) is 0 Å². The number of ether oxygens (including phenoxy) is 1. The highest BCUT2D eigenvalue weighted by molar-refractivity contribution is 4.84. The number of hydrogen-bond acceptors (Lipinski definition) is 4. The molecule has 1 aliphatic carbocycles. The minimum absolute atomic E-state index is 0.501. The highest BCUT2D eigenvalue weighted by Gasteiger charge is 2.28. The number of hydrogen-bond donors (Lipinski definition) is 1. The topological polar surface area (TPSA) is 41.7 Å². The molecule has 4 nitrogen and oxygen atoms in total. The van der Waals surface area contributed by atoms with E-state index in [0.29, 0.717) is 6.10 Å². The van der Waals surface area contributed by atoms with Gasteiger partial charge in [0.1, 0.15) is 0 Å². The maximum atomic E-state index is 5.55. The molecule has 0 spiro atoms. The van der Waals surface area contributed by atoms with Gasteiger partial charge in [-0.2, -0.15) is 0 Å². The normalized spacial score (nSPS) is 30.6. The molecule has 0 aromatic heterocycles. The highest BCUT2D eigenvalue weighted by atomic mass is 16.5. The molecule has 1 aliphatic heterocycles. The van der Waals surface area contributed by atoms with Crippen molar-refractivity contribution in [3.63, 3.8) is 0 Å². The molecular weight excluding hydrogens is 238 g/mol. The van der Waals surface area contributed by atoms with Gasteiger partial charge in [0.05, 0.1) is 6.10 Å². The first-order valence-corrected chi connectivity index (χ1v) is 8.02. The van der Waals surface area contributed by atoms with Crippen molar-refractivity contribution >= 4 is 0 Å². The lowest BCUT2D eigenvalue weighted by molar-refractivity contribution is 0.0116. The maximum absolute atomic E-state index is 5.55. The SMILES string of the molecule is COC1CCCC(N2CCN(CCCCN)CC2)C1. The van der Waals surface area contributed by atoms with Crippen LogP contribution in [0.3, 0.4) is 0 Å². The van der Waals surface area contributed by atoms with Gasteiger partial charge in [-0.3, -0.25) is 4.90 Å². The summed E-state index contributed by atoms with van der Waals surface area (Å²) in [5.41, 5.74) is 5.55. The summed E-state index contributed by atoms with van der Waals surface area (Å²) in [6, 6.07) is 0.768. The van der Waals surface area contributed by atoms with E-state index < -0.39 is 0 Å². The molecule has 1 saturated carbocycles. The summed E-state index contributed by atoms with van der Waals surface area (Å²) < 4.78 is 5.55. The fraction of sp³-hybridized carbons (Fsp3) is 1.00. The first-order valence-electron chi connectivity index (χ1n) is 8.02. The standard InChI is InChI=1S/C15H31N3O/c1-19-15-6-4-5-14(13-15)18-11-9-17(10-12-18)8-3-2-7-16/h14-15H,2-13,16H2,1H3. The molecule has 2 unspecified atom stereocenters. The molecule has 1 heterocycles. The summed E-state index contributed by atoms with van der Waals surface area (Å²) in [4.78, 5) is 5.30. The van der Waals surface area contributed by atoms with Gasteiger partial charge in [0.2, 0.25) is 0 Å². The average molecular weight is 269 g/mol. The van der Waals surface area contributed by atoms with Gasteiger partial charge in [0, 0.05) is 39.3 Å². The van der Waals surface area contributed by atoms with Crippen LogP contribution in [-0.2, 0) is 4.74 Å². The van der Waals surface area contributed by atoms with Crippen molar-refractivity contribution in [2.45, 2.75) is 50.7 Å². The number of methoxy groups -OCH3 is 1. The lowest BCUT2D eigenvalue weighted by atomic mass is 9.91. The number of nitrogens with zero attached hydrogens (tertiary/aromatic N) is 2. The molecule has 0 aromatic carbocycles. The second kappa shape index (κ2) is 8.20. The molecule has 2 rings (SSSR count). The van der Waals surface area contributed by atoms with E-state index in [1.165, 1.54) is 71.2 Å². The Hall–Kier alpha value is -0.160. The summed E-state index contributed by atoms with van der Waals surface area (Å²) in [5, 5.41) is 0. The summed E-state index contributed by atoms with van der Waals surface area (Å²) in [6.45, 7) is 7.02. The van der Waals surface area contributed by atoms with Gasteiger partial charge < -0.3 is 15.4 Å². The lowest BCUT2D eigenvalue weighted by Crippen LogP contribution is -2.52. The zero-order valence-electron chi connectivity index (χ0n) is 12.5. The van der Waals surface area contributed by atoms with E-state index in [4.69, 9.17) is 10.5 Å². The molecular formula is C15H31N3O. The Balaban J connectivity index is 1.67. The van der Waals surface area contributed by atoms with Crippen LogP contribution in [0.4, 0.5) is 0 Å². The second-order valence-electron chi connectivity index (χ2n) is 6.05. The predicted molar refractivity (Wildman–Crippen MR) is 79.4 cm³/mol. The van der Waals surface area contributed by atoms with Crippen LogP contribution in [-0.4, -0.2) is 68.3 Å². The van der Waals surface area contributed by atoms with Crippen LogP contribution in [0.15, 0.2) is 0 Å². The number of piperazine rings is 1. The van der Waals surface area contributed by atoms with Gasteiger partial charge in [-0.25, -0.2) is 0 Å². The minimum Gasteiger partial charge on any atom is -0.381 e. The van der Waals surface area contributed by atoms with Crippen LogP contribution in [0.1, 0.15) is 38.5 Å². The van der Waals surface area contributed by atoms with E-state index in [1.54, 1.807) is 0 Å².